The summed E-state index contributed by atoms with van der Waals surface area (Å²) in [5, 5.41) is 16.9. The van der Waals surface area contributed by atoms with Crippen LogP contribution in [0, 0.1) is 13.8 Å². The predicted octanol–water partition coefficient (Wildman–Crippen LogP) is 3.71. The zero-order valence-corrected chi connectivity index (χ0v) is 17.2. The van der Waals surface area contributed by atoms with Crippen molar-refractivity contribution in [1.29, 1.82) is 0 Å². The minimum atomic E-state index is -0.0862. The molecule has 1 aliphatic rings. The summed E-state index contributed by atoms with van der Waals surface area (Å²) in [7, 11) is 0. The number of anilines is 1. The summed E-state index contributed by atoms with van der Waals surface area (Å²) in [4.78, 5) is 12.6. The molecule has 1 amide bonds. The summed E-state index contributed by atoms with van der Waals surface area (Å²) >= 11 is 1.42. The molecule has 8 heteroatoms. The molecule has 7 nitrogen and oxygen atoms in total. The van der Waals surface area contributed by atoms with Gasteiger partial charge in [0.1, 0.15) is 11.6 Å². The number of hydrogen-bond acceptors (Lipinski definition) is 5. The van der Waals surface area contributed by atoms with Crippen LogP contribution in [0.15, 0.2) is 35.5 Å². The highest BCUT2D eigenvalue weighted by Gasteiger charge is 2.30. The second-order valence-electron chi connectivity index (χ2n) is 7.11. The van der Waals surface area contributed by atoms with E-state index < -0.39 is 0 Å². The summed E-state index contributed by atoms with van der Waals surface area (Å²) in [5.41, 5.74) is 2.95. The molecule has 1 aromatic carbocycles. The molecule has 0 unspecified atom stereocenters. The van der Waals surface area contributed by atoms with E-state index in [1.54, 1.807) is 4.68 Å². The van der Waals surface area contributed by atoms with Crippen LogP contribution in [0.5, 0.6) is 0 Å². The van der Waals surface area contributed by atoms with E-state index in [4.69, 9.17) is 0 Å². The Balaban J connectivity index is 1.44. The topological polar surface area (TPSA) is 77.6 Å². The maximum atomic E-state index is 12.6. The third-order valence-corrected chi connectivity index (χ3v) is 5.68. The van der Waals surface area contributed by atoms with Gasteiger partial charge < -0.3 is 9.88 Å². The Kier molecular flexibility index (Phi) is 5.21. The van der Waals surface area contributed by atoms with Crippen LogP contribution < -0.4 is 5.32 Å². The Labute approximate surface area is 168 Å². The van der Waals surface area contributed by atoms with Gasteiger partial charge in [-0.2, -0.15) is 5.10 Å². The highest BCUT2D eigenvalue weighted by molar-refractivity contribution is 7.99. The first-order valence-corrected chi connectivity index (χ1v) is 10.5. The largest absolute Gasteiger partial charge is 0.310 e. The summed E-state index contributed by atoms with van der Waals surface area (Å²) in [5.74, 6) is 2.46. The lowest BCUT2D eigenvalue weighted by Gasteiger charge is -2.09. The Morgan fingerprint density at radius 3 is 2.64 bits per heavy atom. The molecule has 0 saturated heterocycles. The van der Waals surface area contributed by atoms with Crippen molar-refractivity contribution in [1.82, 2.24) is 24.5 Å². The first-order valence-electron chi connectivity index (χ1n) is 9.54. The number of nitrogens with one attached hydrogen (secondary N) is 1. The molecule has 0 bridgehead atoms. The van der Waals surface area contributed by atoms with Crippen LogP contribution in [0.2, 0.25) is 0 Å². The summed E-state index contributed by atoms with van der Waals surface area (Å²) in [6.45, 7) is 6.87. The molecule has 1 fully saturated rings. The van der Waals surface area contributed by atoms with Crippen molar-refractivity contribution < 1.29 is 4.79 Å². The fourth-order valence-electron chi connectivity index (χ4n) is 3.13. The first-order chi connectivity index (χ1) is 13.5. The van der Waals surface area contributed by atoms with Crippen molar-refractivity contribution in [3.63, 3.8) is 0 Å². The van der Waals surface area contributed by atoms with Gasteiger partial charge in [0.15, 0.2) is 5.16 Å². The molecule has 1 aliphatic carbocycles. The molecule has 2 aromatic heterocycles. The van der Waals surface area contributed by atoms with Gasteiger partial charge >= 0.3 is 0 Å². The van der Waals surface area contributed by atoms with Gasteiger partial charge in [0.05, 0.1) is 17.1 Å². The van der Waals surface area contributed by atoms with Crippen LogP contribution in [0.4, 0.5) is 5.82 Å². The smallest absolute Gasteiger partial charge is 0.236 e. The maximum Gasteiger partial charge on any atom is 0.236 e. The van der Waals surface area contributed by atoms with Gasteiger partial charge in [-0.15, -0.1) is 10.2 Å². The van der Waals surface area contributed by atoms with Gasteiger partial charge in [0, 0.05) is 18.5 Å². The van der Waals surface area contributed by atoms with E-state index in [-0.39, 0.29) is 11.7 Å². The standard InChI is InChI=1S/C20H24N6OS/c1-4-25-19(15-7-8-15)22-23-20(25)28-12-18(27)21-17-11-14(3)24-26(17)16-9-5-13(2)6-10-16/h5-6,9-11,15H,4,7-8,12H2,1-3H3,(H,21,27). The highest BCUT2D eigenvalue weighted by Crippen LogP contribution is 2.40. The van der Waals surface area contributed by atoms with Crippen molar-refractivity contribution in [3.05, 3.63) is 47.4 Å². The molecule has 146 valence electrons. The Hall–Kier alpha value is -2.61. The SMILES string of the molecule is CCn1c(SCC(=O)Nc2cc(C)nn2-c2ccc(C)cc2)nnc1C1CC1. The van der Waals surface area contributed by atoms with Gasteiger partial charge in [0.25, 0.3) is 0 Å². The monoisotopic (exact) mass is 396 g/mol. The number of aryl methyl sites for hydroxylation is 2. The molecule has 3 aromatic rings. The molecule has 1 N–H and O–H groups in total. The van der Waals surface area contributed by atoms with Crippen LogP contribution in [-0.4, -0.2) is 36.2 Å². The van der Waals surface area contributed by atoms with Crippen LogP contribution in [0.3, 0.4) is 0 Å². The lowest BCUT2D eigenvalue weighted by Crippen LogP contribution is -2.17. The van der Waals surface area contributed by atoms with Crippen molar-refractivity contribution in [2.24, 2.45) is 0 Å². The van der Waals surface area contributed by atoms with Crippen LogP contribution in [-0.2, 0) is 11.3 Å². The van der Waals surface area contributed by atoms with Gasteiger partial charge in [-0.1, -0.05) is 29.5 Å². The van der Waals surface area contributed by atoms with E-state index in [9.17, 15) is 4.79 Å². The molecule has 0 spiro atoms. The van der Waals surface area contributed by atoms with E-state index in [2.05, 4.69) is 32.1 Å². The van der Waals surface area contributed by atoms with Gasteiger partial charge in [0.2, 0.25) is 5.91 Å². The average molecular weight is 397 g/mol. The molecule has 0 aliphatic heterocycles. The number of rotatable bonds is 7. The molecule has 2 heterocycles. The zero-order chi connectivity index (χ0) is 19.7. The number of benzene rings is 1. The molecule has 0 radical (unpaired) electrons. The summed E-state index contributed by atoms with van der Waals surface area (Å²) in [6, 6.07) is 9.93. The van der Waals surface area contributed by atoms with E-state index in [0.717, 1.165) is 28.9 Å². The minimum Gasteiger partial charge on any atom is -0.310 e. The van der Waals surface area contributed by atoms with Crippen LogP contribution in [0.1, 0.15) is 42.8 Å². The van der Waals surface area contributed by atoms with Crippen molar-refractivity contribution in [2.45, 2.75) is 51.2 Å². The van der Waals surface area contributed by atoms with E-state index in [1.807, 2.05) is 44.2 Å². The maximum absolute atomic E-state index is 12.6. The average Bonchev–Trinajstić information content (AvgIpc) is 3.34. The number of amides is 1. The van der Waals surface area contributed by atoms with Gasteiger partial charge in [-0.3, -0.25) is 4.79 Å². The Morgan fingerprint density at radius 2 is 1.96 bits per heavy atom. The second-order valence-corrected chi connectivity index (χ2v) is 8.06. The number of hydrogen-bond donors (Lipinski definition) is 1. The summed E-state index contributed by atoms with van der Waals surface area (Å²) < 4.78 is 3.88. The quantitative estimate of drug-likeness (QED) is 0.616. The fourth-order valence-corrected chi connectivity index (χ4v) is 3.94. The molecule has 28 heavy (non-hydrogen) atoms. The van der Waals surface area contributed by atoms with E-state index >= 15 is 0 Å². The molecular weight excluding hydrogens is 372 g/mol. The molecular formula is C20H24N6OS. The highest BCUT2D eigenvalue weighted by atomic mass is 32.2. The van der Waals surface area contributed by atoms with Crippen LogP contribution >= 0.6 is 11.8 Å². The number of carbonyl (C=O) groups is 1. The van der Waals surface area contributed by atoms with E-state index in [0.29, 0.717) is 11.7 Å². The lowest BCUT2D eigenvalue weighted by atomic mass is 10.2. The number of thioether (sulfide) groups is 1. The molecule has 1 saturated carbocycles. The second kappa shape index (κ2) is 7.79. The third-order valence-electron chi connectivity index (χ3n) is 4.71. The molecule has 4 rings (SSSR count). The van der Waals surface area contributed by atoms with E-state index in [1.165, 1.54) is 30.2 Å². The van der Waals surface area contributed by atoms with Crippen molar-refractivity contribution >= 4 is 23.5 Å². The number of nitrogens with zero attached hydrogens (tertiary/aromatic N) is 5. The number of aromatic nitrogens is 5. The predicted molar refractivity (Wildman–Crippen MR) is 110 cm³/mol. The number of carbonyl (C=O) groups excluding carboxylic acids is 1. The first kappa shape index (κ1) is 18.7. The van der Waals surface area contributed by atoms with Crippen molar-refractivity contribution in [3.8, 4) is 5.69 Å². The zero-order valence-electron chi connectivity index (χ0n) is 16.3. The normalized spacial score (nSPS) is 13.7. The molecule has 0 atom stereocenters. The fraction of sp³-hybridized carbons (Fsp3) is 0.400. The lowest BCUT2D eigenvalue weighted by molar-refractivity contribution is -0.113. The van der Waals surface area contributed by atoms with Crippen molar-refractivity contribution in [2.75, 3.05) is 11.1 Å². The van der Waals surface area contributed by atoms with Crippen LogP contribution in [0.25, 0.3) is 5.69 Å². The Morgan fingerprint density at radius 1 is 1.21 bits per heavy atom. The third kappa shape index (κ3) is 3.96. The van der Waals surface area contributed by atoms with Gasteiger partial charge in [-0.05, 0) is 45.7 Å². The summed E-state index contributed by atoms with van der Waals surface area (Å²) in [6.07, 6.45) is 2.37. The minimum absolute atomic E-state index is 0.0862. The van der Waals surface area contributed by atoms with Gasteiger partial charge in [-0.25, -0.2) is 4.68 Å². The Bertz CT molecular complexity index is 987.